The standard InChI is InChI=1S/C17H21ClF3NO2/c1-15(2)7-13(23)8-16(3,9-15)14(24)22-12-5-10(17(19,20)21)4-11(18)6-12/h4-6,13,23H,7-9H2,1-3H3,(H,22,24). The second kappa shape index (κ2) is 6.23. The van der Waals surface area contributed by atoms with Crippen LogP contribution in [0.2, 0.25) is 5.02 Å². The first-order valence-corrected chi connectivity index (χ1v) is 8.06. The second-order valence-corrected chi connectivity index (χ2v) is 8.08. The van der Waals surface area contributed by atoms with Crippen LogP contribution in [0.3, 0.4) is 0 Å². The molecule has 2 atom stereocenters. The summed E-state index contributed by atoms with van der Waals surface area (Å²) >= 11 is 5.74. The number of amides is 1. The Balaban J connectivity index is 2.25. The van der Waals surface area contributed by atoms with Crippen LogP contribution in [-0.4, -0.2) is 17.1 Å². The van der Waals surface area contributed by atoms with Gasteiger partial charge in [0.15, 0.2) is 0 Å². The Bertz CT molecular complexity index is 645. The van der Waals surface area contributed by atoms with Crippen molar-refractivity contribution >= 4 is 23.2 Å². The average molecular weight is 364 g/mol. The minimum atomic E-state index is -4.54. The van der Waals surface area contributed by atoms with Gasteiger partial charge in [-0.2, -0.15) is 13.2 Å². The summed E-state index contributed by atoms with van der Waals surface area (Å²) in [7, 11) is 0. The Morgan fingerprint density at radius 1 is 1.25 bits per heavy atom. The smallest absolute Gasteiger partial charge is 0.393 e. The molecule has 7 heteroatoms. The highest BCUT2D eigenvalue weighted by atomic mass is 35.5. The van der Waals surface area contributed by atoms with Crippen LogP contribution in [0.1, 0.15) is 45.6 Å². The SMILES string of the molecule is CC1(C)CC(O)CC(C)(C(=O)Nc2cc(Cl)cc(C(F)(F)F)c2)C1. The first-order valence-electron chi connectivity index (χ1n) is 7.68. The van der Waals surface area contributed by atoms with Gasteiger partial charge < -0.3 is 10.4 Å². The summed E-state index contributed by atoms with van der Waals surface area (Å²) in [6, 6.07) is 2.95. The monoisotopic (exact) mass is 363 g/mol. The summed E-state index contributed by atoms with van der Waals surface area (Å²) in [6.45, 7) is 5.64. The van der Waals surface area contributed by atoms with E-state index in [0.717, 1.165) is 12.1 Å². The number of aliphatic hydroxyl groups excluding tert-OH is 1. The molecule has 1 amide bonds. The Hall–Kier alpha value is -1.27. The van der Waals surface area contributed by atoms with E-state index >= 15 is 0 Å². The molecule has 0 heterocycles. The van der Waals surface area contributed by atoms with E-state index in [1.165, 1.54) is 6.07 Å². The van der Waals surface area contributed by atoms with Crippen LogP contribution in [0, 0.1) is 10.8 Å². The predicted molar refractivity (Wildman–Crippen MR) is 86.8 cm³/mol. The lowest BCUT2D eigenvalue weighted by atomic mass is 9.63. The molecule has 134 valence electrons. The summed E-state index contributed by atoms with van der Waals surface area (Å²) in [5.74, 6) is -0.412. The minimum absolute atomic E-state index is 0.00100. The molecule has 1 fully saturated rings. The summed E-state index contributed by atoms with van der Waals surface area (Å²) in [5.41, 5.74) is -2.00. The largest absolute Gasteiger partial charge is 0.416 e. The third-order valence-electron chi connectivity index (χ3n) is 4.37. The topological polar surface area (TPSA) is 49.3 Å². The summed E-state index contributed by atoms with van der Waals surface area (Å²) in [6.07, 6.45) is -3.76. The van der Waals surface area contributed by atoms with Gasteiger partial charge in [0.2, 0.25) is 5.91 Å². The minimum Gasteiger partial charge on any atom is -0.393 e. The fourth-order valence-electron chi connectivity index (χ4n) is 3.71. The highest BCUT2D eigenvalue weighted by Gasteiger charge is 2.45. The number of anilines is 1. The molecule has 1 aromatic carbocycles. The molecular weight excluding hydrogens is 343 g/mol. The van der Waals surface area contributed by atoms with Gasteiger partial charge in [0.1, 0.15) is 0 Å². The van der Waals surface area contributed by atoms with Crippen molar-refractivity contribution in [2.45, 2.75) is 52.3 Å². The van der Waals surface area contributed by atoms with Crippen LogP contribution in [0.4, 0.5) is 18.9 Å². The van der Waals surface area contributed by atoms with E-state index in [2.05, 4.69) is 5.32 Å². The van der Waals surface area contributed by atoms with Crippen molar-refractivity contribution in [3.05, 3.63) is 28.8 Å². The molecule has 1 saturated carbocycles. The summed E-state index contributed by atoms with van der Waals surface area (Å²) < 4.78 is 38.6. The molecule has 0 aromatic heterocycles. The van der Waals surface area contributed by atoms with Gasteiger partial charge in [-0.15, -0.1) is 0 Å². The molecule has 2 N–H and O–H groups in total. The van der Waals surface area contributed by atoms with Crippen LogP contribution in [0.25, 0.3) is 0 Å². The maximum absolute atomic E-state index is 12.9. The maximum atomic E-state index is 12.9. The fourth-order valence-corrected chi connectivity index (χ4v) is 3.95. The second-order valence-electron chi connectivity index (χ2n) is 7.64. The van der Waals surface area contributed by atoms with Crippen molar-refractivity contribution in [2.75, 3.05) is 5.32 Å². The summed E-state index contributed by atoms with van der Waals surface area (Å²) in [4.78, 5) is 12.6. The van der Waals surface area contributed by atoms with Crippen LogP contribution >= 0.6 is 11.6 Å². The molecule has 1 aliphatic rings. The number of carbonyl (C=O) groups is 1. The van der Waals surface area contributed by atoms with Crippen molar-refractivity contribution in [3.8, 4) is 0 Å². The van der Waals surface area contributed by atoms with Crippen LogP contribution < -0.4 is 5.32 Å². The van der Waals surface area contributed by atoms with E-state index in [4.69, 9.17) is 11.6 Å². The van der Waals surface area contributed by atoms with Gasteiger partial charge in [0.05, 0.1) is 11.7 Å². The quantitative estimate of drug-likeness (QED) is 0.787. The van der Waals surface area contributed by atoms with Crippen molar-refractivity contribution in [1.82, 2.24) is 0 Å². The zero-order valence-corrected chi connectivity index (χ0v) is 14.6. The van der Waals surface area contributed by atoms with Crippen LogP contribution in [-0.2, 0) is 11.0 Å². The molecule has 1 aromatic rings. The molecule has 0 bridgehead atoms. The molecule has 24 heavy (non-hydrogen) atoms. The number of hydrogen-bond acceptors (Lipinski definition) is 2. The molecule has 2 rings (SSSR count). The van der Waals surface area contributed by atoms with Crippen molar-refractivity contribution in [3.63, 3.8) is 0 Å². The number of rotatable bonds is 2. The molecule has 0 spiro atoms. The molecule has 1 aliphatic carbocycles. The van der Waals surface area contributed by atoms with Crippen molar-refractivity contribution in [2.24, 2.45) is 10.8 Å². The number of hydrogen-bond donors (Lipinski definition) is 2. The van der Waals surface area contributed by atoms with Crippen molar-refractivity contribution < 1.29 is 23.1 Å². The normalized spacial score (nSPS) is 26.9. The first-order chi connectivity index (χ1) is 10.8. The van der Waals surface area contributed by atoms with Gasteiger partial charge in [-0.05, 0) is 42.9 Å². The third kappa shape index (κ3) is 4.42. The molecule has 3 nitrogen and oxygen atoms in total. The van der Waals surface area contributed by atoms with Gasteiger partial charge in [0.25, 0.3) is 0 Å². The number of aliphatic hydroxyl groups is 1. The lowest BCUT2D eigenvalue weighted by Gasteiger charge is -2.44. The zero-order valence-electron chi connectivity index (χ0n) is 13.8. The molecule has 0 aliphatic heterocycles. The lowest BCUT2D eigenvalue weighted by Crippen LogP contribution is -2.45. The molecular formula is C17H21ClF3NO2. The molecule has 2 unspecified atom stereocenters. The fraction of sp³-hybridized carbons (Fsp3) is 0.588. The van der Waals surface area contributed by atoms with E-state index in [1.54, 1.807) is 6.92 Å². The molecule has 0 saturated heterocycles. The highest BCUT2D eigenvalue weighted by molar-refractivity contribution is 6.31. The number of nitrogens with one attached hydrogen (secondary N) is 1. The zero-order chi connectivity index (χ0) is 18.3. The lowest BCUT2D eigenvalue weighted by molar-refractivity contribution is -0.137. The van der Waals surface area contributed by atoms with Crippen LogP contribution in [0.15, 0.2) is 18.2 Å². The Kier molecular flexibility index (Phi) is 4.94. The van der Waals surface area contributed by atoms with Gasteiger partial charge in [-0.1, -0.05) is 32.4 Å². The average Bonchev–Trinajstić information content (AvgIpc) is 2.33. The number of alkyl halides is 3. The van der Waals surface area contributed by atoms with Gasteiger partial charge in [0, 0.05) is 16.1 Å². The van der Waals surface area contributed by atoms with Crippen molar-refractivity contribution in [1.29, 1.82) is 0 Å². The van der Waals surface area contributed by atoms with E-state index in [0.29, 0.717) is 12.8 Å². The van der Waals surface area contributed by atoms with E-state index in [9.17, 15) is 23.1 Å². The van der Waals surface area contributed by atoms with Gasteiger partial charge in [-0.25, -0.2) is 0 Å². The van der Waals surface area contributed by atoms with Gasteiger partial charge >= 0.3 is 6.18 Å². The van der Waals surface area contributed by atoms with E-state index in [1.807, 2.05) is 13.8 Å². The Morgan fingerprint density at radius 3 is 2.42 bits per heavy atom. The number of carbonyl (C=O) groups excluding carboxylic acids is 1. The summed E-state index contributed by atoms with van der Waals surface area (Å²) in [5, 5.41) is 12.5. The number of benzene rings is 1. The predicted octanol–water partition coefficient (Wildman–Crippen LogP) is 4.87. The van der Waals surface area contributed by atoms with E-state index in [-0.39, 0.29) is 22.5 Å². The third-order valence-corrected chi connectivity index (χ3v) is 4.59. The first kappa shape index (κ1) is 19.1. The van der Waals surface area contributed by atoms with Gasteiger partial charge in [-0.3, -0.25) is 4.79 Å². The van der Waals surface area contributed by atoms with E-state index < -0.39 is 29.2 Å². The Labute approximate surface area is 144 Å². The Morgan fingerprint density at radius 2 is 1.88 bits per heavy atom. The number of halogens is 4. The highest BCUT2D eigenvalue weighted by Crippen LogP contribution is 2.46. The van der Waals surface area contributed by atoms with Crippen LogP contribution in [0.5, 0.6) is 0 Å². The molecule has 0 radical (unpaired) electrons. The maximum Gasteiger partial charge on any atom is 0.416 e.